The predicted molar refractivity (Wildman–Crippen MR) is 76.8 cm³/mol. The highest BCUT2D eigenvalue weighted by Crippen LogP contribution is 2.12. The molecule has 0 unspecified atom stereocenters. The van der Waals surface area contributed by atoms with E-state index < -0.39 is 0 Å². The zero-order valence-electron chi connectivity index (χ0n) is 11.0. The minimum atomic E-state index is 0.134. The first kappa shape index (κ1) is 13.9. The molecule has 0 bridgehead atoms. The Balaban J connectivity index is 1.65. The molecule has 0 saturated heterocycles. The lowest BCUT2D eigenvalue weighted by Crippen LogP contribution is -2.06. The molecule has 0 N–H and O–H groups in total. The van der Waals surface area contributed by atoms with E-state index in [1.807, 2.05) is 42.8 Å². The number of carbonyl (C=O) groups is 1. The highest BCUT2D eigenvalue weighted by molar-refractivity contribution is 7.09. The van der Waals surface area contributed by atoms with Gasteiger partial charge in [-0.1, -0.05) is 30.3 Å². The summed E-state index contributed by atoms with van der Waals surface area (Å²) in [7, 11) is 0. The normalized spacial score (nSPS) is 10.6. The smallest absolute Gasteiger partial charge is 0.165 e. The van der Waals surface area contributed by atoms with Crippen molar-refractivity contribution < 1.29 is 9.53 Å². The molecule has 0 amide bonds. The van der Waals surface area contributed by atoms with Gasteiger partial charge in [-0.15, -0.1) is 11.3 Å². The van der Waals surface area contributed by atoms with E-state index in [0.717, 1.165) is 17.7 Å². The van der Waals surface area contributed by atoms with Gasteiger partial charge in [-0.25, -0.2) is 4.98 Å². The lowest BCUT2D eigenvalue weighted by atomic mass is 10.1. The maximum absolute atomic E-state index is 11.8. The van der Waals surface area contributed by atoms with Crippen molar-refractivity contribution in [3.63, 3.8) is 0 Å². The van der Waals surface area contributed by atoms with Crippen molar-refractivity contribution in [3.8, 4) is 0 Å². The average Bonchev–Trinajstić information content (AvgIpc) is 2.85. The molecule has 1 aromatic carbocycles. The lowest BCUT2D eigenvalue weighted by molar-refractivity contribution is 0.0883. The Hall–Kier alpha value is -1.52. The number of ketones is 1. The maximum Gasteiger partial charge on any atom is 0.165 e. The minimum absolute atomic E-state index is 0.134. The van der Waals surface area contributed by atoms with Gasteiger partial charge < -0.3 is 4.74 Å². The number of hydrogen-bond acceptors (Lipinski definition) is 4. The summed E-state index contributed by atoms with van der Waals surface area (Å²) in [5, 5.41) is 0. The van der Waals surface area contributed by atoms with E-state index in [2.05, 4.69) is 4.98 Å². The Morgan fingerprint density at radius 3 is 2.74 bits per heavy atom. The van der Waals surface area contributed by atoms with Crippen molar-refractivity contribution in [2.45, 2.75) is 19.8 Å². The Morgan fingerprint density at radius 2 is 2.05 bits per heavy atom. The predicted octanol–water partition coefficient (Wildman–Crippen LogP) is 3.28. The maximum atomic E-state index is 11.8. The Morgan fingerprint density at radius 1 is 1.26 bits per heavy atom. The van der Waals surface area contributed by atoms with E-state index in [9.17, 15) is 4.79 Å². The van der Waals surface area contributed by atoms with Crippen LogP contribution in [0.4, 0.5) is 0 Å². The van der Waals surface area contributed by atoms with E-state index in [1.165, 1.54) is 4.88 Å². The molecule has 4 heteroatoms. The van der Waals surface area contributed by atoms with Crippen molar-refractivity contribution in [1.29, 1.82) is 0 Å². The molecule has 19 heavy (non-hydrogen) atoms. The molecule has 0 aliphatic rings. The second-order valence-corrected chi connectivity index (χ2v) is 5.20. The average molecular weight is 275 g/mol. The van der Waals surface area contributed by atoms with Crippen LogP contribution in [0.5, 0.6) is 0 Å². The van der Waals surface area contributed by atoms with Gasteiger partial charge in [-0.05, 0) is 6.92 Å². The number of hydrogen-bond donors (Lipinski definition) is 0. The van der Waals surface area contributed by atoms with E-state index in [4.69, 9.17) is 4.74 Å². The molecule has 1 aromatic heterocycles. The zero-order chi connectivity index (χ0) is 13.5. The van der Waals surface area contributed by atoms with Crippen LogP contribution in [-0.2, 0) is 11.2 Å². The molecule has 1 heterocycles. The van der Waals surface area contributed by atoms with Crippen LogP contribution in [0.25, 0.3) is 0 Å². The summed E-state index contributed by atoms with van der Waals surface area (Å²) in [4.78, 5) is 17.3. The van der Waals surface area contributed by atoms with Gasteiger partial charge in [0.1, 0.15) is 0 Å². The van der Waals surface area contributed by atoms with E-state index in [1.54, 1.807) is 11.3 Å². The van der Waals surface area contributed by atoms with Crippen LogP contribution >= 0.6 is 11.3 Å². The number of aromatic nitrogens is 1. The molecule has 0 saturated carbocycles. The SMILES string of the molecule is Cc1ncsc1CCOCCC(=O)c1ccccc1. The molecular formula is C15H17NO2S. The fraction of sp³-hybridized carbons (Fsp3) is 0.333. The summed E-state index contributed by atoms with van der Waals surface area (Å²) in [6, 6.07) is 9.33. The van der Waals surface area contributed by atoms with Gasteiger partial charge in [-0.2, -0.15) is 0 Å². The molecule has 0 spiro atoms. The van der Waals surface area contributed by atoms with Gasteiger partial charge >= 0.3 is 0 Å². The molecule has 0 aliphatic heterocycles. The van der Waals surface area contributed by atoms with E-state index in [0.29, 0.717) is 19.6 Å². The second kappa shape index (κ2) is 7.16. The number of carbonyl (C=O) groups excluding carboxylic acids is 1. The summed E-state index contributed by atoms with van der Waals surface area (Å²) in [5.74, 6) is 0.134. The third-order valence-electron chi connectivity index (χ3n) is 2.89. The van der Waals surface area contributed by atoms with Crippen molar-refractivity contribution >= 4 is 17.1 Å². The topological polar surface area (TPSA) is 39.2 Å². The van der Waals surface area contributed by atoms with Crippen molar-refractivity contribution in [3.05, 3.63) is 52.0 Å². The number of aryl methyl sites for hydroxylation is 1. The molecule has 0 aliphatic carbocycles. The van der Waals surface area contributed by atoms with Crippen molar-refractivity contribution in [1.82, 2.24) is 4.98 Å². The molecule has 0 radical (unpaired) electrons. The molecule has 0 atom stereocenters. The quantitative estimate of drug-likeness (QED) is 0.575. The van der Waals surface area contributed by atoms with Gasteiger partial charge in [0, 0.05) is 23.3 Å². The van der Waals surface area contributed by atoms with Crippen LogP contribution in [0.15, 0.2) is 35.8 Å². The molecular weight excluding hydrogens is 258 g/mol. The van der Waals surface area contributed by atoms with Crippen molar-refractivity contribution in [2.24, 2.45) is 0 Å². The number of thiazole rings is 1. The monoisotopic (exact) mass is 275 g/mol. The molecule has 3 nitrogen and oxygen atoms in total. The van der Waals surface area contributed by atoms with E-state index >= 15 is 0 Å². The molecule has 2 rings (SSSR count). The van der Waals surface area contributed by atoms with Gasteiger partial charge in [0.25, 0.3) is 0 Å². The van der Waals surface area contributed by atoms with Crippen LogP contribution in [0, 0.1) is 6.92 Å². The molecule has 2 aromatic rings. The summed E-state index contributed by atoms with van der Waals surface area (Å²) in [6.07, 6.45) is 1.31. The van der Waals surface area contributed by atoms with Gasteiger partial charge in [0.2, 0.25) is 0 Å². The first-order valence-electron chi connectivity index (χ1n) is 6.32. The second-order valence-electron chi connectivity index (χ2n) is 4.26. The van der Waals surface area contributed by atoms with Crippen LogP contribution < -0.4 is 0 Å². The summed E-state index contributed by atoms with van der Waals surface area (Å²) in [6.45, 7) is 3.13. The standard InChI is InChI=1S/C15H17NO2S/c1-12-15(19-11-16-12)8-10-18-9-7-14(17)13-5-3-2-4-6-13/h2-6,11H,7-10H2,1H3. The van der Waals surface area contributed by atoms with Crippen LogP contribution in [0.2, 0.25) is 0 Å². The number of rotatable bonds is 7. The zero-order valence-corrected chi connectivity index (χ0v) is 11.8. The van der Waals surface area contributed by atoms with Gasteiger partial charge in [0.15, 0.2) is 5.78 Å². The highest BCUT2D eigenvalue weighted by atomic mass is 32.1. The van der Waals surface area contributed by atoms with Crippen LogP contribution in [-0.4, -0.2) is 24.0 Å². The third-order valence-corrected chi connectivity index (χ3v) is 3.88. The summed E-state index contributed by atoms with van der Waals surface area (Å²) < 4.78 is 5.51. The van der Waals surface area contributed by atoms with Crippen LogP contribution in [0.3, 0.4) is 0 Å². The number of nitrogens with zero attached hydrogens (tertiary/aromatic N) is 1. The third kappa shape index (κ3) is 4.26. The summed E-state index contributed by atoms with van der Waals surface area (Å²) >= 11 is 1.65. The Bertz CT molecular complexity index is 522. The van der Waals surface area contributed by atoms with Crippen LogP contribution in [0.1, 0.15) is 27.3 Å². The Labute approximate surface area is 117 Å². The van der Waals surface area contributed by atoms with E-state index in [-0.39, 0.29) is 5.78 Å². The van der Waals surface area contributed by atoms with Crippen molar-refractivity contribution in [2.75, 3.05) is 13.2 Å². The number of Topliss-reactive ketones (excluding diaryl/α,β-unsaturated/α-hetero) is 1. The fourth-order valence-electron chi connectivity index (χ4n) is 1.77. The first-order valence-corrected chi connectivity index (χ1v) is 7.20. The lowest BCUT2D eigenvalue weighted by Gasteiger charge is -2.03. The van der Waals surface area contributed by atoms with Gasteiger partial charge in [0.05, 0.1) is 24.4 Å². The number of ether oxygens (including phenoxy) is 1. The minimum Gasteiger partial charge on any atom is -0.381 e. The number of benzene rings is 1. The first-order chi connectivity index (χ1) is 9.27. The Kier molecular flexibility index (Phi) is 5.24. The summed E-state index contributed by atoms with van der Waals surface area (Å²) in [5.41, 5.74) is 3.68. The highest BCUT2D eigenvalue weighted by Gasteiger charge is 2.05. The fourth-order valence-corrected chi connectivity index (χ4v) is 2.53. The molecule has 0 fully saturated rings. The largest absolute Gasteiger partial charge is 0.381 e. The van der Waals surface area contributed by atoms with Gasteiger partial charge in [-0.3, -0.25) is 4.79 Å². The molecule has 100 valence electrons.